The second-order valence-corrected chi connectivity index (χ2v) is 10.7. The van der Waals surface area contributed by atoms with Gasteiger partial charge in [0.25, 0.3) is 0 Å². The molecule has 0 spiro atoms. The van der Waals surface area contributed by atoms with Gasteiger partial charge in [-0.3, -0.25) is 0 Å². The van der Waals surface area contributed by atoms with Crippen LogP contribution in [0.2, 0.25) is 0 Å². The summed E-state index contributed by atoms with van der Waals surface area (Å²) in [6, 6.07) is 8.34. The van der Waals surface area contributed by atoms with Gasteiger partial charge in [-0.1, -0.05) is 46.6 Å². The summed E-state index contributed by atoms with van der Waals surface area (Å²) in [7, 11) is 0. The maximum absolute atomic E-state index is 10.9. The number of phenolic OH excluding ortho intramolecular Hbond substituents is 3. The van der Waals surface area contributed by atoms with E-state index in [0.717, 1.165) is 42.2 Å². The van der Waals surface area contributed by atoms with E-state index in [-0.39, 0.29) is 17.2 Å². The summed E-state index contributed by atoms with van der Waals surface area (Å²) in [5, 5.41) is 32.5. The number of aromatic hydroxyl groups is 3. The van der Waals surface area contributed by atoms with Crippen molar-refractivity contribution in [3.8, 4) is 28.6 Å². The zero-order valence-electron chi connectivity index (χ0n) is 23.7. The molecular weight excluding hydrogens is 472 g/mol. The monoisotopic (exact) mass is 514 g/mol. The van der Waals surface area contributed by atoms with Crippen molar-refractivity contribution in [2.24, 2.45) is 0 Å². The number of benzene rings is 2. The maximum Gasteiger partial charge on any atom is 0.138 e. The van der Waals surface area contributed by atoms with Crippen molar-refractivity contribution in [1.82, 2.24) is 0 Å². The van der Waals surface area contributed by atoms with Gasteiger partial charge in [0.15, 0.2) is 0 Å². The minimum atomic E-state index is 0.0384. The lowest BCUT2D eigenvalue weighted by Crippen LogP contribution is -1.97. The predicted molar refractivity (Wildman–Crippen MR) is 159 cm³/mol. The number of fused-ring (bicyclic) bond motifs is 1. The quantitative estimate of drug-likeness (QED) is 0.223. The van der Waals surface area contributed by atoms with Gasteiger partial charge in [0.05, 0.1) is 0 Å². The molecule has 0 bridgehead atoms. The van der Waals surface area contributed by atoms with Gasteiger partial charge in [-0.15, -0.1) is 0 Å². The zero-order valence-corrected chi connectivity index (χ0v) is 23.7. The van der Waals surface area contributed by atoms with Crippen LogP contribution in [0.15, 0.2) is 81.3 Å². The molecule has 4 heteroatoms. The molecule has 0 fully saturated rings. The molecule has 3 rings (SSSR count). The first-order valence-electron chi connectivity index (χ1n) is 13.4. The maximum atomic E-state index is 10.9. The number of allylic oxidation sites excluding steroid dienone is 8. The fourth-order valence-corrected chi connectivity index (χ4v) is 4.52. The third-order valence-corrected chi connectivity index (χ3v) is 6.74. The lowest BCUT2D eigenvalue weighted by atomic mass is 9.91. The van der Waals surface area contributed by atoms with Crippen molar-refractivity contribution < 1.29 is 19.7 Å². The van der Waals surface area contributed by atoms with E-state index in [1.54, 1.807) is 18.2 Å². The van der Waals surface area contributed by atoms with E-state index in [2.05, 4.69) is 52.0 Å². The molecule has 0 atom stereocenters. The Morgan fingerprint density at radius 2 is 1.26 bits per heavy atom. The third kappa shape index (κ3) is 7.92. The van der Waals surface area contributed by atoms with Crippen LogP contribution in [0.3, 0.4) is 0 Å². The molecule has 0 aliphatic carbocycles. The summed E-state index contributed by atoms with van der Waals surface area (Å²) >= 11 is 0. The molecule has 0 amide bonds. The average molecular weight is 515 g/mol. The van der Waals surface area contributed by atoms with Crippen molar-refractivity contribution in [1.29, 1.82) is 0 Å². The second kappa shape index (κ2) is 13.2. The van der Waals surface area contributed by atoms with Crippen LogP contribution in [0, 0.1) is 0 Å². The van der Waals surface area contributed by atoms with Crippen LogP contribution < -0.4 is 0 Å². The SMILES string of the molecule is CC(C)=CCC/C(C)=C/CC/C(C)=C\Cc1c(O)cc(O)c(CC=C(C)C)c1-c1cc2ccc(O)cc2o1. The van der Waals surface area contributed by atoms with E-state index >= 15 is 0 Å². The van der Waals surface area contributed by atoms with E-state index in [4.69, 9.17) is 4.42 Å². The molecule has 3 aromatic rings. The van der Waals surface area contributed by atoms with Crippen molar-refractivity contribution in [3.63, 3.8) is 0 Å². The fraction of sp³-hybridized carbons (Fsp3) is 0.353. The van der Waals surface area contributed by atoms with Gasteiger partial charge in [-0.2, -0.15) is 0 Å². The number of furan rings is 1. The lowest BCUT2D eigenvalue weighted by molar-refractivity contribution is 0.443. The summed E-state index contributed by atoms with van der Waals surface area (Å²) in [6.07, 6.45) is 13.9. The first kappa shape index (κ1) is 28.9. The Morgan fingerprint density at radius 3 is 1.89 bits per heavy atom. The van der Waals surface area contributed by atoms with E-state index in [9.17, 15) is 15.3 Å². The zero-order chi connectivity index (χ0) is 27.8. The summed E-state index contributed by atoms with van der Waals surface area (Å²) < 4.78 is 6.14. The molecule has 38 heavy (non-hydrogen) atoms. The first-order chi connectivity index (χ1) is 18.0. The van der Waals surface area contributed by atoms with Crippen LogP contribution in [0.1, 0.15) is 78.4 Å². The van der Waals surface area contributed by atoms with Gasteiger partial charge in [-0.05, 0) is 98.3 Å². The van der Waals surface area contributed by atoms with Gasteiger partial charge in [0, 0.05) is 34.2 Å². The van der Waals surface area contributed by atoms with Gasteiger partial charge >= 0.3 is 0 Å². The van der Waals surface area contributed by atoms with Crippen molar-refractivity contribution >= 4 is 11.0 Å². The van der Waals surface area contributed by atoms with Crippen molar-refractivity contribution in [2.45, 2.75) is 80.1 Å². The number of rotatable bonds is 11. The van der Waals surface area contributed by atoms with E-state index < -0.39 is 0 Å². The molecule has 2 aromatic carbocycles. The number of phenols is 3. The van der Waals surface area contributed by atoms with Gasteiger partial charge in [-0.25, -0.2) is 0 Å². The van der Waals surface area contributed by atoms with Crippen molar-refractivity contribution in [3.05, 3.63) is 88.1 Å². The minimum absolute atomic E-state index is 0.0384. The van der Waals surface area contributed by atoms with E-state index in [0.29, 0.717) is 35.3 Å². The highest BCUT2D eigenvalue weighted by Crippen LogP contribution is 2.42. The molecule has 0 saturated carbocycles. The Balaban J connectivity index is 1.92. The molecule has 0 unspecified atom stereocenters. The highest BCUT2D eigenvalue weighted by atomic mass is 16.3. The summed E-state index contributed by atoms with van der Waals surface area (Å²) in [4.78, 5) is 0. The van der Waals surface area contributed by atoms with Crippen LogP contribution in [0.5, 0.6) is 17.2 Å². The molecule has 0 aliphatic heterocycles. The van der Waals surface area contributed by atoms with Crippen LogP contribution in [-0.4, -0.2) is 15.3 Å². The van der Waals surface area contributed by atoms with Gasteiger partial charge in [0.1, 0.15) is 28.6 Å². The number of hydrogen-bond acceptors (Lipinski definition) is 4. The molecule has 1 heterocycles. The predicted octanol–water partition coefficient (Wildman–Crippen LogP) is 9.69. The lowest BCUT2D eigenvalue weighted by Gasteiger charge is -2.16. The minimum Gasteiger partial charge on any atom is -0.508 e. The number of hydrogen-bond donors (Lipinski definition) is 3. The molecule has 1 aromatic heterocycles. The second-order valence-electron chi connectivity index (χ2n) is 10.7. The molecule has 0 saturated heterocycles. The standard InChI is InChI=1S/C34H42O4/c1-22(2)9-7-10-24(5)11-8-12-25(6)14-18-29-31(37)21-30(36)28(17-13-23(3)4)34(29)33-19-26-15-16-27(35)20-32(26)38-33/h9,11,13-16,19-21,35-37H,7-8,10,12,17-18H2,1-6H3/b24-11+,25-14-. The van der Waals surface area contributed by atoms with E-state index in [1.165, 1.54) is 22.8 Å². The Hall–Kier alpha value is -3.66. The summed E-state index contributed by atoms with van der Waals surface area (Å²) in [5.41, 5.74) is 7.85. The van der Waals surface area contributed by atoms with Gasteiger partial charge in [0.2, 0.25) is 0 Å². The van der Waals surface area contributed by atoms with Crippen LogP contribution in [0.4, 0.5) is 0 Å². The van der Waals surface area contributed by atoms with Crippen LogP contribution in [0.25, 0.3) is 22.3 Å². The van der Waals surface area contributed by atoms with Crippen LogP contribution >= 0.6 is 0 Å². The summed E-state index contributed by atoms with van der Waals surface area (Å²) in [6.45, 7) is 12.6. The summed E-state index contributed by atoms with van der Waals surface area (Å²) in [5.74, 6) is 0.768. The Bertz CT molecular complexity index is 1390. The van der Waals surface area contributed by atoms with Crippen LogP contribution in [-0.2, 0) is 12.8 Å². The molecule has 202 valence electrons. The first-order valence-corrected chi connectivity index (χ1v) is 13.4. The highest BCUT2D eigenvalue weighted by molar-refractivity contribution is 5.86. The Morgan fingerprint density at radius 1 is 0.684 bits per heavy atom. The molecule has 3 N–H and O–H groups in total. The molecule has 0 radical (unpaired) electrons. The Labute approximate surface area is 227 Å². The Kier molecular flexibility index (Phi) is 10.1. The highest BCUT2D eigenvalue weighted by Gasteiger charge is 2.21. The third-order valence-electron chi connectivity index (χ3n) is 6.74. The average Bonchev–Trinajstić information content (AvgIpc) is 3.24. The normalized spacial score (nSPS) is 12.2. The largest absolute Gasteiger partial charge is 0.508 e. The molecular formula is C34H42O4. The van der Waals surface area contributed by atoms with Crippen molar-refractivity contribution in [2.75, 3.05) is 0 Å². The topological polar surface area (TPSA) is 73.8 Å². The van der Waals surface area contributed by atoms with E-state index in [1.807, 2.05) is 19.9 Å². The molecule has 4 nitrogen and oxygen atoms in total. The smallest absolute Gasteiger partial charge is 0.138 e. The fourth-order valence-electron chi connectivity index (χ4n) is 4.52. The van der Waals surface area contributed by atoms with Gasteiger partial charge < -0.3 is 19.7 Å². The molecule has 0 aliphatic rings.